The second kappa shape index (κ2) is 3.36. The Morgan fingerprint density at radius 1 is 1.46 bits per heavy atom. The minimum absolute atomic E-state index is 0.0916. The normalized spacial score (nSPS) is 21.4. The molecule has 13 heavy (non-hydrogen) atoms. The van der Waals surface area contributed by atoms with Gasteiger partial charge in [0.15, 0.2) is 0 Å². The Morgan fingerprint density at radius 2 is 2.00 bits per heavy atom. The summed E-state index contributed by atoms with van der Waals surface area (Å²) in [7, 11) is 0. The van der Waals surface area contributed by atoms with E-state index in [-0.39, 0.29) is 11.8 Å². The highest BCUT2D eigenvalue weighted by molar-refractivity contribution is 5.86. The molecule has 74 valence electrons. The highest BCUT2D eigenvalue weighted by Crippen LogP contribution is 2.36. The fraction of sp³-hybridized carbons (Fsp3) is 0.778. The lowest BCUT2D eigenvalue weighted by Gasteiger charge is -2.39. The number of amides is 1. The molecule has 1 amide bonds. The van der Waals surface area contributed by atoms with Crippen molar-refractivity contribution in [3.05, 3.63) is 0 Å². The van der Waals surface area contributed by atoms with Gasteiger partial charge in [-0.05, 0) is 25.7 Å². The van der Waals surface area contributed by atoms with E-state index in [0.717, 1.165) is 19.3 Å². The Morgan fingerprint density at radius 3 is 2.23 bits per heavy atom. The van der Waals surface area contributed by atoms with Gasteiger partial charge in [0.2, 0.25) is 5.91 Å². The number of carbonyl (C=O) groups is 2. The Kier molecular flexibility index (Phi) is 2.59. The summed E-state index contributed by atoms with van der Waals surface area (Å²) < 4.78 is 0. The van der Waals surface area contributed by atoms with E-state index in [4.69, 9.17) is 5.11 Å². The van der Waals surface area contributed by atoms with E-state index in [9.17, 15) is 9.59 Å². The molecule has 0 aromatic carbocycles. The lowest BCUT2D eigenvalue weighted by molar-refractivity contribution is -0.150. The average molecular weight is 185 g/mol. The molecule has 0 aromatic rings. The van der Waals surface area contributed by atoms with Crippen LogP contribution in [0.25, 0.3) is 0 Å². The third-order valence-corrected chi connectivity index (χ3v) is 2.80. The zero-order valence-corrected chi connectivity index (χ0v) is 7.96. The van der Waals surface area contributed by atoms with Crippen molar-refractivity contribution in [2.45, 2.75) is 38.6 Å². The quantitative estimate of drug-likeness (QED) is 0.682. The average Bonchev–Trinajstić information content (AvgIpc) is 1.79. The van der Waals surface area contributed by atoms with Gasteiger partial charge in [0, 0.05) is 6.92 Å². The van der Waals surface area contributed by atoms with Crippen molar-refractivity contribution in [3.63, 3.8) is 0 Å². The van der Waals surface area contributed by atoms with Crippen molar-refractivity contribution >= 4 is 11.9 Å². The fourth-order valence-electron chi connectivity index (χ4n) is 1.68. The maximum absolute atomic E-state index is 11.0. The number of nitrogens with one attached hydrogen (secondary N) is 1. The molecule has 1 saturated carbocycles. The van der Waals surface area contributed by atoms with Crippen LogP contribution in [0.4, 0.5) is 0 Å². The summed E-state index contributed by atoms with van der Waals surface area (Å²) in [6.45, 7) is 2.93. The summed E-state index contributed by atoms with van der Waals surface area (Å²) in [6, 6.07) is 0. The van der Waals surface area contributed by atoms with Crippen molar-refractivity contribution in [1.29, 1.82) is 0 Å². The minimum Gasteiger partial charge on any atom is -0.480 e. The third-order valence-electron chi connectivity index (χ3n) is 2.80. The first-order chi connectivity index (χ1) is 5.97. The molecule has 4 nitrogen and oxygen atoms in total. The van der Waals surface area contributed by atoms with Crippen molar-refractivity contribution in [2.24, 2.45) is 5.92 Å². The molecule has 0 bridgehead atoms. The van der Waals surface area contributed by atoms with Crippen molar-refractivity contribution in [1.82, 2.24) is 5.32 Å². The lowest BCUT2D eigenvalue weighted by atomic mass is 9.71. The van der Waals surface area contributed by atoms with E-state index in [1.807, 2.05) is 0 Å². The molecule has 1 aliphatic rings. The summed E-state index contributed by atoms with van der Waals surface area (Å²) in [4.78, 5) is 21.8. The molecule has 0 saturated heterocycles. The third kappa shape index (κ3) is 1.82. The smallest absolute Gasteiger partial charge is 0.329 e. The molecule has 1 unspecified atom stereocenters. The molecule has 0 radical (unpaired) electrons. The SMILES string of the molecule is CC(=O)NC(C)(C(=O)O)C1CCC1. The summed E-state index contributed by atoms with van der Waals surface area (Å²) >= 11 is 0. The summed E-state index contributed by atoms with van der Waals surface area (Å²) in [6.07, 6.45) is 2.85. The maximum atomic E-state index is 11.0. The first-order valence-electron chi connectivity index (χ1n) is 4.49. The maximum Gasteiger partial charge on any atom is 0.329 e. The molecule has 2 N–H and O–H groups in total. The molecular formula is C9H15NO3. The van der Waals surface area contributed by atoms with Crippen LogP contribution in [0, 0.1) is 5.92 Å². The fourth-order valence-corrected chi connectivity index (χ4v) is 1.68. The first-order valence-corrected chi connectivity index (χ1v) is 4.49. The number of carboxylic acids is 1. The number of carbonyl (C=O) groups excluding carboxylic acids is 1. The predicted molar refractivity (Wildman–Crippen MR) is 47.2 cm³/mol. The van der Waals surface area contributed by atoms with Crippen LogP contribution in [0.3, 0.4) is 0 Å². The largest absolute Gasteiger partial charge is 0.480 e. The number of hydrogen-bond acceptors (Lipinski definition) is 2. The van der Waals surface area contributed by atoms with Crippen LogP contribution in [0.1, 0.15) is 33.1 Å². The van der Waals surface area contributed by atoms with Gasteiger partial charge in [-0.1, -0.05) is 6.42 Å². The van der Waals surface area contributed by atoms with Gasteiger partial charge in [0.25, 0.3) is 0 Å². The van der Waals surface area contributed by atoms with Crippen LogP contribution in [0.15, 0.2) is 0 Å². The van der Waals surface area contributed by atoms with Gasteiger partial charge in [0.05, 0.1) is 0 Å². The Hall–Kier alpha value is -1.06. The first kappa shape index (κ1) is 10.0. The molecule has 0 spiro atoms. The van der Waals surface area contributed by atoms with Gasteiger partial charge in [-0.25, -0.2) is 4.79 Å². The standard InChI is InChI=1S/C9H15NO3/c1-6(11)10-9(2,8(12)13)7-4-3-5-7/h7H,3-5H2,1-2H3,(H,10,11)(H,12,13). The molecule has 1 aliphatic carbocycles. The number of hydrogen-bond donors (Lipinski definition) is 2. The van der Waals surface area contributed by atoms with E-state index in [1.165, 1.54) is 6.92 Å². The van der Waals surface area contributed by atoms with Gasteiger partial charge in [-0.2, -0.15) is 0 Å². The second-order valence-corrected chi connectivity index (χ2v) is 3.82. The second-order valence-electron chi connectivity index (χ2n) is 3.82. The van der Waals surface area contributed by atoms with Gasteiger partial charge in [0.1, 0.15) is 5.54 Å². The Labute approximate surface area is 77.3 Å². The van der Waals surface area contributed by atoms with Crippen molar-refractivity contribution in [3.8, 4) is 0 Å². The number of carboxylic acid groups (broad SMARTS) is 1. The van der Waals surface area contributed by atoms with E-state index < -0.39 is 11.5 Å². The van der Waals surface area contributed by atoms with Gasteiger partial charge >= 0.3 is 5.97 Å². The Bertz CT molecular complexity index is 235. The highest BCUT2D eigenvalue weighted by Gasteiger charge is 2.44. The highest BCUT2D eigenvalue weighted by atomic mass is 16.4. The summed E-state index contributed by atoms with van der Waals surface area (Å²) in [5.41, 5.74) is -1.07. The van der Waals surface area contributed by atoms with Crippen LogP contribution in [0.5, 0.6) is 0 Å². The molecule has 0 aliphatic heterocycles. The zero-order valence-electron chi connectivity index (χ0n) is 7.96. The lowest BCUT2D eigenvalue weighted by Crippen LogP contribution is -2.58. The van der Waals surface area contributed by atoms with Gasteiger partial charge in [-0.3, -0.25) is 4.79 Å². The number of rotatable bonds is 3. The van der Waals surface area contributed by atoms with Crippen LogP contribution in [-0.2, 0) is 9.59 Å². The monoisotopic (exact) mass is 185 g/mol. The van der Waals surface area contributed by atoms with Gasteiger partial charge < -0.3 is 10.4 Å². The summed E-state index contributed by atoms with van der Waals surface area (Å²) in [5, 5.41) is 11.5. The summed E-state index contributed by atoms with van der Waals surface area (Å²) in [5.74, 6) is -1.13. The van der Waals surface area contributed by atoms with E-state index >= 15 is 0 Å². The van der Waals surface area contributed by atoms with Gasteiger partial charge in [-0.15, -0.1) is 0 Å². The van der Waals surface area contributed by atoms with E-state index in [2.05, 4.69) is 5.32 Å². The molecular weight excluding hydrogens is 170 g/mol. The molecule has 1 fully saturated rings. The van der Waals surface area contributed by atoms with E-state index in [0.29, 0.717) is 0 Å². The number of aliphatic carboxylic acids is 1. The van der Waals surface area contributed by atoms with Crippen LogP contribution < -0.4 is 5.32 Å². The molecule has 1 atom stereocenters. The topological polar surface area (TPSA) is 66.4 Å². The Balaban J connectivity index is 2.73. The van der Waals surface area contributed by atoms with Crippen LogP contribution >= 0.6 is 0 Å². The van der Waals surface area contributed by atoms with Crippen molar-refractivity contribution < 1.29 is 14.7 Å². The molecule has 0 aromatic heterocycles. The van der Waals surface area contributed by atoms with Crippen LogP contribution in [0.2, 0.25) is 0 Å². The minimum atomic E-state index is -1.07. The molecule has 4 heteroatoms. The zero-order chi connectivity index (χ0) is 10.1. The molecule has 0 heterocycles. The predicted octanol–water partition coefficient (Wildman–Crippen LogP) is 0.766. The van der Waals surface area contributed by atoms with E-state index in [1.54, 1.807) is 6.92 Å². The van der Waals surface area contributed by atoms with Crippen molar-refractivity contribution in [2.75, 3.05) is 0 Å². The molecule has 1 rings (SSSR count). The van der Waals surface area contributed by atoms with Crippen LogP contribution in [-0.4, -0.2) is 22.5 Å².